The Morgan fingerprint density at radius 2 is 1.78 bits per heavy atom. The van der Waals surface area contributed by atoms with Crippen molar-refractivity contribution >= 4 is 17.4 Å². The van der Waals surface area contributed by atoms with E-state index in [2.05, 4.69) is 5.32 Å². The van der Waals surface area contributed by atoms with Crippen molar-refractivity contribution in [3.05, 3.63) is 65.2 Å². The Labute approximate surface area is 132 Å². The maximum atomic E-state index is 13.7. The number of benzene rings is 2. The van der Waals surface area contributed by atoms with Crippen LogP contribution in [-0.4, -0.2) is 18.1 Å². The molecule has 0 saturated carbocycles. The summed E-state index contributed by atoms with van der Waals surface area (Å²) in [4.78, 5) is 25.0. The van der Waals surface area contributed by atoms with E-state index in [1.807, 2.05) is 6.92 Å². The Morgan fingerprint density at radius 1 is 1.13 bits per heavy atom. The van der Waals surface area contributed by atoms with Crippen molar-refractivity contribution in [2.45, 2.75) is 19.8 Å². The normalized spacial score (nSPS) is 19.7. The van der Waals surface area contributed by atoms with Crippen LogP contribution in [0, 0.1) is 12.3 Å². The van der Waals surface area contributed by atoms with E-state index in [0.29, 0.717) is 11.3 Å². The molecular weight excluding hydrogens is 300 g/mol. The molecule has 0 fully saturated rings. The summed E-state index contributed by atoms with van der Waals surface area (Å²) >= 11 is 0. The fourth-order valence-electron chi connectivity index (χ4n) is 2.86. The molecule has 2 aromatic carbocycles. The first-order valence-electron chi connectivity index (χ1n) is 7.24. The molecule has 1 aliphatic carbocycles. The number of alkyl halides is 2. The standard InChI is InChI=1S/C18H15F2NO2/c1-11-6-8-13(9-7-11)21-17(23)18(16(19)20)10-12-4-2-3-5-14(12)15(18)22/h2-9,16H,10H2,1H3,(H,21,23). The van der Waals surface area contributed by atoms with Crippen molar-refractivity contribution < 1.29 is 18.4 Å². The number of hydrogen-bond donors (Lipinski definition) is 1. The van der Waals surface area contributed by atoms with Crippen LogP contribution in [0.5, 0.6) is 0 Å². The molecule has 1 amide bonds. The number of anilines is 1. The van der Waals surface area contributed by atoms with E-state index in [4.69, 9.17) is 0 Å². The lowest BCUT2D eigenvalue weighted by molar-refractivity contribution is -0.130. The van der Waals surface area contributed by atoms with Gasteiger partial charge in [0.25, 0.3) is 6.43 Å². The molecule has 0 bridgehead atoms. The summed E-state index contributed by atoms with van der Waals surface area (Å²) in [5, 5.41) is 2.46. The Morgan fingerprint density at radius 3 is 2.39 bits per heavy atom. The minimum absolute atomic E-state index is 0.201. The van der Waals surface area contributed by atoms with Gasteiger partial charge in [-0.2, -0.15) is 0 Å². The number of Topliss-reactive ketones (excluding diaryl/α,β-unsaturated/α-hetero) is 1. The molecule has 0 aromatic heterocycles. The fourth-order valence-corrected chi connectivity index (χ4v) is 2.86. The second-order valence-corrected chi connectivity index (χ2v) is 5.76. The summed E-state index contributed by atoms with van der Waals surface area (Å²) in [5.74, 6) is -1.77. The fraction of sp³-hybridized carbons (Fsp3) is 0.222. The van der Waals surface area contributed by atoms with E-state index in [-0.39, 0.29) is 12.0 Å². The number of amides is 1. The molecule has 3 rings (SSSR count). The number of rotatable bonds is 3. The van der Waals surface area contributed by atoms with E-state index in [0.717, 1.165) is 5.56 Å². The molecule has 1 N–H and O–H groups in total. The van der Waals surface area contributed by atoms with Gasteiger partial charge in [0.1, 0.15) is 0 Å². The van der Waals surface area contributed by atoms with Crippen LogP contribution >= 0.6 is 0 Å². The second kappa shape index (κ2) is 5.57. The lowest BCUT2D eigenvalue weighted by Crippen LogP contribution is -2.47. The Hall–Kier alpha value is -2.56. The van der Waals surface area contributed by atoms with Gasteiger partial charge in [-0.25, -0.2) is 8.78 Å². The van der Waals surface area contributed by atoms with Crippen LogP contribution in [-0.2, 0) is 11.2 Å². The molecule has 118 valence electrons. The number of ketones is 1. The van der Waals surface area contributed by atoms with Crippen molar-refractivity contribution in [1.29, 1.82) is 0 Å². The predicted molar refractivity (Wildman–Crippen MR) is 82.7 cm³/mol. The maximum Gasteiger partial charge on any atom is 0.260 e. The van der Waals surface area contributed by atoms with Crippen molar-refractivity contribution in [2.24, 2.45) is 5.41 Å². The molecular formula is C18H15F2NO2. The zero-order chi connectivity index (χ0) is 16.6. The highest BCUT2D eigenvalue weighted by Gasteiger charge is 2.58. The SMILES string of the molecule is Cc1ccc(NC(=O)C2(C(F)F)Cc3ccccc3C2=O)cc1. The van der Waals surface area contributed by atoms with Crippen molar-refractivity contribution in [3.8, 4) is 0 Å². The molecule has 0 spiro atoms. The van der Waals surface area contributed by atoms with Gasteiger partial charge in [-0.1, -0.05) is 42.0 Å². The summed E-state index contributed by atoms with van der Waals surface area (Å²) in [6.07, 6.45) is -3.36. The van der Waals surface area contributed by atoms with E-state index in [9.17, 15) is 18.4 Å². The summed E-state index contributed by atoms with van der Waals surface area (Å²) < 4.78 is 27.5. The minimum atomic E-state index is -3.08. The highest BCUT2D eigenvalue weighted by Crippen LogP contribution is 2.42. The van der Waals surface area contributed by atoms with E-state index < -0.39 is 23.5 Å². The molecule has 0 aliphatic heterocycles. The third kappa shape index (κ3) is 2.42. The van der Waals surface area contributed by atoms with Crippen LogP contribution in [0.1, 0.15) is 21.5 Å². The molecule has 2 aromatic rings. The number of carbonyl (C=O) groups is 2. The minimum Gasteiger partial charge on any atom is -0.325 e. The van der Waals surface area contributed by atoms with Crippen molar-refractivity contribution in [3.63, 3.8) is 0 Å². The lowest BCUT2D eigenvalue weighted by Gasteiger charge is -2.25. The van der Waals surface area contributed by atoms with Crippen molar-refractivity contribution in [2.75, 3.05) is 5.32 Å². The van der Waals surface area contributed by atoms with E-state index in [1.165, 1.54) is 6.07 Å². The zero-order valence-electron chi connectivity index (χ0n) is 12.5. The van der Waals surface area contributed by atoms with Gasteiger partial charge in [0.05, 0.1) is 0 Å². The highest BCUT2D eigenvalue weighted by molar-refractivity contribution is 6.20. The first-order chi connectivity index (χ1) is 10.9. The third-order valence-corrected chi connectivity index (χ3v) is 4.22. The summed E-state index contributed by atoms with van der Waals surface area (Å²) in [6.45, 7) is 1.88. The van der Waals surface area contributed by atoms with Gasteiger partial charge in [-0.05, 0) is 24.6 Å². The van der Waals surface area contributed by atoms with Gasteiger partial charge in [-0.3, -0.25) is 9.59 Å². The number of hydrogen-bond acceptors (Lipinski definition) is 2. The summed E-state index contributed by atoms with van der Waals surface area (Å²) in [7, 11) is 0. The number of aryl methyl sites for hydroxylation is 1. The van der Waals surface area contributed by atoms with Crippen LogP contribution in [0.3, 0.4) is 0 Å². The van der Waals surface area contributed by atoms with Gasteiger partial charge in [0.2, 0.25) is 5.91 Å². The van der Waals surface area contributed by atoms with Gasteiger partial charge in [0.15, 0.2) is 11.2 Å². The Kier molecular flexibility index (Phi) is 3.72. The number of fused-ring (bicyclic) bond motifs is 1. The quantitative estimate of drug-likeness (QED) is 0.879. The molecule has 1 aliphatic rings. The van der Waals surface area contributed by atoms with Crippen LogP contribution in [0.15, 0.2) is 48.5 Å². The van der Waals surface area contributed by atoms with Gasteiger partial charge in [0, 0.05) is 17.7 Å². The van der Waals surface area contributed by atoms with Gasteiger partial charge < -0.3 is 5.32 Å². The van der Waals surface area contributed by atoms with E-state index >= 15 is 0 Å². The molecule has 3 nitrogen and oxygen atoms in total. The average Bonchev–Trinajstić information content (AvgIpc) is 2.84. The highest BCUT2D eigenvalue weighted by atomic mass is 19.3. The number of halogens is 2. The number of carbonyl (C=O) groups excluding carboxylic acids is 2. The summed E-state index contributed by atoms with van der Waals surface area (Å²) in [5.41, 5.74) is -0.293. The predicted octanol–water partition coefficient (Wildman–Crippen LogP) is 3.62. The second-order valence-electron chi connectivity index (χ2n) is 5.76. The number of nitrogens with one attached hydrogen (secondary N) is 1. The van der Waals surface area contributed by atoms with Crippen LogP contribution in [0.25, 0.3) is 0 Å². The molecule has 0 saturated heterocycles. The Balaban J connectivity index is 1.95. The third-order valence-electron chi connectivity index (χ3n) is 4.22. The van der Waals surface area contributed by atoms with Crippen LogP contribution in [0.4, 0.5) is 14.5 Å². The first kappa shape index (κ1) is 15.3. The lowest BCUT2D eigenvalue weighted by atomic mass is 9.82. The molecule has 1 atom stereocenters. The molecule has 1 unspecified atom stereocenters. The molecule has 23 heavy (non-hydrogen) atoms. The molecule has 0 heterocycles. The monoisotopic (exact) mass is 315 g/mol. The van der Waals surface area contributed by atoms with Crippen LogP contribution in [0.2, 0.25) is 0 Å². The van der Waals surface area contributed by atoms with Crippen LogP contribution < -0.4 is 5.32 Å². The van der Waals surface area contributed by atoms with E-state index in [1.54, 1.807) is 42.5 Å². The smallest absolute Gasteiger partial charge is 0.260 e. The summed E-state index contributed by atoms with van der Waals surface area (Å²) in [6, 6.07) is 13.1. The average molecular weight is 315 g/mol. The molecule has 5 heteroatoms. The topological polar surface area (TPSA) is 46.2 Å². The van der Waals surface area contributed by atoms with Crippen molar-refractivity contribution in [1.82, 2.24) is 0 Å². The zero-order valence-corrected chi connectivity index (χ0v) is 12.5. The van der Waals surface area contributed by atoms with Gasteiger partial charge >= 0.3 is 0 Å². The maximum absolute atomic E-state index is 13.7. The first-order valence-corrected chi connectivity index (χ1v) is 7.24. The largest absolute Gasteiger partial charge is 0.325 e. The van der Waals surface area contributed by atoms with Gasteiger partial charge in [-0.15, -0.1) is 0 Å². The Bertz CT molecular complexity index is 771. The molecule has 0 radical (unpaired) electrons.